The van der Waals surface area contributed by atoms with Crippen LogP contribution in [0.5, 0.6) is 0 Å². The summed E-state index contributed by atoms with van der Waals surface area (Å²) in [5, 5.41) is 0.0985. The SMILES string of the molecule is Cc1ccc(CC(Cl)c2ccc(C)s2)cc1. The fourth-order valence-corrected chi connectivity index (χ4v) is 2.89. The third-order valence-corrected chi connectivity index (χ3v) is 4.24. The van der Waals surface area contributed by atoms with Gasteiger partial charge in [0.25, 0.3) is 0 Å². The molecule has 0 spiro atoms. The molecule has 2 aromatic rings. The topological polar surface area (TPSA) is 0 Å². The second-order valence-electron chi connectivity index (χ2n) is 4.11. The van der Waals surface area contributed by atoms with Gasteiger partial charge in [-0.15, -0.1) is 22.9 Å². The monoisotopic (exact) mass is 250 g/mol. The lowest BCUT2D eigenvalue weighted by molar-refractivity contribution is 0.939. The van der Waals surface area contributed by atoms with E-state index in [0.717, 1.165) is 6.42 Å². The average molecular weight is 251 g/mol. The van der Waals surface area contributed by atoms with E-state index in [1.54, 1.807) is 11.3 Å². The second kappa shape index (κ2) is 5.03. The number of halogens is 1. The van der Waals surface area contributed by atoms with Crippen LogP contribution in [0, 0.1) is 13.8 Å². The molecule has 1 atom stereocenters. The van der Waals surface area contributed by atoms with Gasteiger partial charge in [0.2, 0.25) is 0 Å². The summed E-state index contributed by atoms with van der Waals surface area (Å²) >= 11 is 8.19. The first kappa shape index (κ1) is 11.7. The number of hydrogen-bond donors (Lipinski definition) is 0. The Morgan fingerprint density at radius 2 is 1.75 bits per heavy atom. The summed E-state index contributed by atoms with van der Waals surface area (Å²) in [6, 6.07) is 12.9. The fraction of sp³-hybridized carbons (Fsp3) is 0.286. The van der Waals surface area contributed by atoms with Gasteiger partial charge in [-0.1, -0.05) is 29.8 Å². The molecule has 0 N–H and O–H groups in total. The molecule has 16 heavy (non-hydrogen) atoms. The van der Waals surface area contributed by atoms with E-state index >= 15 is 0 Å². The Hall–Kier alpha value is -0.790. The molecule has 0 aliphatic heterocycles. The summed E-state index contributed by atoms with van der Waals surface area (Å²) in [6.45, 7) is 4.22. The van der Waals surface area contributed by atoms with Crippen molar-refractivity contribution in [3.8, 4) is 0 Å². The van der Waals surface area contributed by atoms with Crippen LogP contribution < -0.4 is 0 Å². The van der Waals surface area contributed by atoms with Gasteiger partial charge in [0.05, 0.1) is 5.38 Å². The van der Waals surface area contributed by atoms with Crippen LogP contribution in [0.3, 0.4) is 0 Å². The van der Waals surface area contributed by atoms with Crippen molar-refractivity contribution in [2.24, 2.45) is 0 Å². The average Bonchev–Trinajstić information content (AvgIpc) is 2.68. The van der Waals surface area contributed by atoms with E-state index in [9.17, 15) is 0 Å². The molecule has 0 aliphatic rings. The number of rotatable bonds is 3. The first-order chi connectivity index (χ1) is 7.65. The first-order valence-corrected chi connectivity index (χ1v) is 6.66. The highest BCUT2D eigenvalue weighted by Gasteiger charge is 2.10. The lowest BCUT2D eigenvalue weighted by atomic mass is 10.1. The Morgan fingerprint density at radius 3 is 2.31 bits per heavy atom. The Labute approximate surface area is 106 Å². The van der Waals surface area contributed by atoms with Crippen molar-refractivity contribution in [2.45, 2.75) is 25.6 Å². The van der Waals surface area contributed by atoms with Gasteiger partial charge in [-0.05, 0) is 38.0 Å². The van der Waals surface area contributed by atoms with E-state index < -0.39 is 0 Å². The van der Waals surface area contributed by atoms with Gasteiger partial charge in [0.1, 0.15) is 0 Å². The molecule has 0 nitrogen and oxygen atoms in total. The molecule has 0 amide bonds. The third-order valence-electron chi connectivity index (χ3n) is 2.61. The van der Waals surface area contributed by atoms with E-state index in [-0.39, 0.29) is 5.38 Å². The van der Waals surface area contributed by atoms with Gasteiger partial charge in [0.15, 0.2) is 0 Å². The lowest BCUT2D eigenvalue weighted by Crippen LogP contribution is -1.93. The van der Waals surface area contributed by atoms with Crippen molar-refractivity contribution in [3.63, 3.8) is 0 Å². The predicted octanol–water partition coefficient (Wildman–Crippen LogP) is 4.89. The highest BCUT2D eigenvalue weighted by molar-refractivity contribution is 7.12. The van der Waals surface area contributed by atoms with Crippen molar-refractivity contribution in [3.05, 3.63) is 57.3 Å². The van der Waals surface area contributed by atoms with Crippen LogP contribution >= 0.6 is 22.9 Å². The zero-order valence-electron chi connectivity index (χ0n) is 9.53. The molecule has 2 rings (SSSR count). The van der Waals surface area contributed by atoms with Crippen LogP contribution in [0.15, 0.2) is 36.4 Å². The number of thiophene rings is 1. The molecule has 0 radical (unpaired) electrons. The largest absolute Gasteiger partial charge is 0.144 e. The summed E-state index contributed by atoms with van der Waals surface area (Å²) in [5.74, 6) is 0. The number of hydrogen-bond acceptors (Lipinski definition) is 1. The summed E-state index contributed by atoms with van der Waals surface area (Å²) in [6.07, 6.45) is 0.905. The summed E-state index contributed by atoms with van der Waals surface area (Å²) in [7, 11) is 0. The van der Waals surface area contributed by atoms with Gasteiger partial charge in [-0.2, -0.15) is 0 Å². The summed E-state index contributed by atoms with van der Waals surface area (Å²) in [4.78, 5) is 2.59. The second-order valence-corrected chi connectivity index (χ2v) is 5.95. The van der Waals surface area contributed by atoms with E-state index in [4.69, 9.17) is 11.6 Å². The number of aryl methyl sites for hydroxylation is 2. The number of alkyl halides is 1. The van der Waals surface area contributed by atoms with E-state index in [2.05, 4.69) is 50.2 Å². The van der Waals surface area contributed by atoms with Crippen molar-refractivity contribution in [1.82, 2.24) is 0 Å². The Morgan fingerprint density at radius 1 is 1.06 bits per heavy atom. The van der Waals surface area contributed by atoms with Crippen LogP contribution in [-0.4, -0.2) is 0 Å². The molecule has 1 unspecified atom stereocenters. The molecule has 0 aliphatic carbocycles. The van der Waals surface area contributed by atoms with Gasteiger partial charge >= 0.3 is 0 Å². The van der Waals surface area contributed by atoms with Crippen LogP contribution in [0.2, 0.25) is 0 Å². The molecular formula is C14H15ClS. The van der Waals surface area contributed by atoms with Gasteiger partial charge in [-0.25, -0.2) is 0 Å². The van der Waals surface area contributed by atoms with Crippen molar-refractivity contribution in [2.75, 3.05) is 0 Å². The maximum absolute atomic E-state index is 6.40. The van der Waals surface area contributed by atoms with Crippen LogP contribution in [0.1, 0.15) is 26.3 Å². The molecule has 1 aromatic carbocycles. The summed E-state index contributed by atoms with van der Waals surface area (Å²) in [5.41, 5.74) is 2.60. The van der Waals surface area contributed by atoms with E-state index in [1.165, 1.54) is 20.9 Å². The molecular weight excluding hydrogens is 236 g/mol. The minimum atomic E-state index is 0.0985. The molecule has 0 bridgehead atoms. The minimum Gasteiger partial charge on any atom is -0.144 e. The Bertz CT molecular complexity index is 456. The highest BCUT2D eigenvalue weighted by Crippen LogP contribution is 2.30. The van der Waals surface area contributed by atoms with Crippen molar-refractivity contribution >= 4 is 22.9 Å². The molecule has 0 saturated carbocycles. The first-order valence-electron chi connectivity index (χ1n) is 5.41. The minimum absolute atomic E-state index is 0.0985. The van der Waals surface area contributed by atoms with Gasteiger partial charge in [-0.3, -0.25) is 0 Å². The van der Waals surface area contributed by atoms with Crippen LogP contribution in [0.4, 0.5) is 0 Å². The molecule has 2 heteroatoms. The van der Waals surface area contributed by atoms with E-state index in [0.29, 0.717) is 0 Å². The number of benzene rings is 1. The van der Waals surface area contributed by atoms with Crippen LogP contribution in [-0.2, 0) is 6.42 Å². The van der Waals surface area contributed by atoms with Crippen LogP contribution in [0.25, 0.3) is 0 Å². The predicted molar refractivity (Wildman–Crippen MR) is 72.5 cm³/mol. The third kappa shape index (κ3) is 2.87. The Balaban J connectivity index is 2.07. The zero-order chi connectivity index (χ0) is 11.5. The molecule has 1 aromatic heterocycles. The quantitative estimate of drug-likeness (QED) is 0.681. The van der Waals surface area contributed by atoms with Crippen molar-refractivity contribution < 1.29 is 0 Å². The summed E-state index contributed by atoms with van der Waals surface area (Å²) < 4.78 is 0. The van der Waals surface area contributed by atoms with Gasteiger partial charge < -0.3 is 0 Å². The maximum Gasteiger partial charge on any atom is 0.0718 e. The standard InChI is InChI=1S/C14H15ClS/c1-10-3-6-12(7-4-10)9-13(15)14-8-5-11(2)16-14/h3-8,13H,9H2,1-2H3. The molecule has 1 heterocycles. The molecule has 0 fully saturated rings. The van der Waals surface area contributed by atoms with E-state index in [1.807, 2.05) is 0 Å². The lowest BCUT2D eigenvalue weighted by Gasteiger charge is -2.07. The maximum atomic E-state index is 6.40. The zero-order valence-corrected chi connectivity index (χ0v) is 11.1. The fourth-order valence-electron chi connectivity index (χ4n) is 1.65. The smallest absolute Gasteiger partial charge is 0.0718 e. The normalized spacial score (nSPS) is 12.7. The van der Waals surface area contributed by atoms with Gasteiger partial charge in [0, 0.05) is 9.75 Å². The highest BCUT2D eigenvalue weighted by atomic mass is 35.5. The molecule has 0 saturated heterocycles. The molecule has 84 valence electrons. The Kier molecular flexibility index (Phi) is 3.67. The van der Waals surface area contributed by atoms with Crippen molar-refractivity contribution in [1.29, 1.82) is 0 Å².